The van der Waals surface area contributed by atoms with Crippen molar-refractivity contribution in [1.82, 2.24) is 0 Å². The Morgan fingerprint density at radius 1 is 0.792 bits per heavy atom. The van der Waals surface area contributed by atoms with Gasteiger partial charge in [0.15, 0.2) is 5.71 Å². The first kappa shape index (κ1) is 35.8. The molecule has 2 aliphatic heterocycles. The van der Waals surface area contributed by atoms with Crippen molar-refractivity contribution in [3.8, 4) is 0 Å². The Labute approximate surface area is 291 Å². The van der Waals surface area contributed by atoms with Gasteiger partial charge in [-0.15, -0.1) is 0 Å². The molecule has 0 aromatic heterocycles. The van der Waals surface area contributed by atoms with Crippen LogP contribution in [0.1, 0.15) is 122 Å². The molecule has 0 fully saturated rings. The second-order valence-electron chi connectivity index (χ2n) is 15.2. The lowest BCUT2D eigenvalue weighted by atomic mass is 9.81. The number of carbonyl (C=O) groups excluding carboxylic acids is 1. The average molecular weight is 647 g/mol. The fourth-order valence-corrected chi connectivity index (χ4v) is 8.09. The van der Waals surface area contributed by atoms with Crippen LogP contribution in [0.25, 0.3) is 0 Å². The van der Waals surface area contributed by atoms with Crippen LogP contribution in [0, 0.1) is 0 Å². The first-order chi connectivity index (χ1) is 23.1. The monoisotopic (exact) mass is 646 g/mol. The molecule has 48 heavy (non-hydrogen) atoms. The van der Waals surface area contributed by atoms with Crippen LogP contribution in [0.3, 0.4) is 0 Å². The summed E-state index contributed by atoms with van der Waals surface area (Å²) in [5.74, 6) is 0.436. The quantitative estimate of drug-likeness (QED) is 0.146. The van der Waals surface area contributed by atoms with Gasteiger partial charge in [-0.2, -0.15) is 4.58 Å². The van der Waals surface area contributed by atoms with Crippen molar-refractivity contribution in [3.63, 3.8) is 0 Å². The number of nitrogens with zero attached hydrogens (tertiary/aromatic N) is 2. The molecule has 0 unspecified atom stereocenters. The first-order valence-electron chi connectivity index (χ1n) is 18.7. The maximum Gasteiger partial charge on any atom is 0.209 e. The summed E-state index contributed by atoms with van der Waals surface area (Å²) in [6.07, 6.45) is 25.6. The van der Waals surface area contributed by atoms with Gasteiger partial charge >= 0.3 is 0 Å². The fourth-order valence-electron chi connectivity index (χ4n) is 8.09. The van der Waals surface area contributed by atoms with Crippen LogP contribution in [-0.2, 0) is 15.6 Å². The molecular weight excluding hydrogens is 587 g/mol. The third-order valence-corrected chi connectivity index (χ3v) is 10.9. The number of para-hydroxylation sites is 2. The van der Waals surface area contributed by atoms with E-state index in [4.69, 9.17) is 5.73 Å². The van der Waals surface area contributed by atoms with E-state index >= 15 is 0 Å². The minimum absolute atomic E-state index is 0.00741. The van der Waals surface area contributed by atoms with E-state index in [1.807, 2.05) is 0 Å². The molecule has 2 N–H and O–H groups in total. The van der Waals surface area contributed by atoms with Gasteiger partial charge in [0.2, 0.25) is 5.69 Å². The van der Waals surface area contributed by atoms with Gasteiger partial charge in [-0.3, -0.25) is 4.79 Å². The van der Waals surface area contributed by atoms with E-state index in [1.165, 1.54) is 64.3 Å². The summed E-state index contributed by atoms with van der Waals surface area (Å²) in [5, 5.41) is 0. The van der Waals surface area contributed by atoms with Crippen LogP contribution in [0.4, 0.5) is 11.4 Å². The molecule has 1 aliphatic carbocycles. The van der Waals surface area contributed by atoms with Crippen molar-refractivity contribution in [1.29, 1.82) is 0 Å². The number of nitrogens with two attached hydrogens (primary N) is 1. The Morgan fingerprint density at radius 3 is 2.21 bits per heavy atom. The minimum Gasteiger partial charge on any atom is -0.344 e. The second-order valence-corrected chi connectivity index (χ2v) is 15.2. The molecule has 3 aliphatic rings. The predicted molar refractivity (Wildman–Crippen MR) is 205 cm³/mol. The highest BCUT2D eigenvalue weighted by atomic mass is 16.1. The van der Waals surface area contributed by atoms with Gasteiger partial charge in [0.1, 0.15) is 12.8 Å². The van der Waals surface area contributed by atoms with E-state index < -0.39 is 0 Å². The Kier molecular flexibility index (Phi) is 12.1. The van der Waals surface area contributed by atoms with Crippen molar-refractivity contribution < 1.29 is 9.37 Å². The number of unbranched alkanes of at least 4 members (excludes halogenated alkanes) is 6. The number of ketones is 1. The van der Waals surface area contributed by atoms with E-state index in [1.54, 1.807) is 0 Å². The van der Waals surface area contributed by atoms with Crippen LogP contribution in [0.15, 0.2) is 95.8 Å². The van der Waals surface area contributed by atoms with E-state index in [2.05, 4.69) is 123 Å². The highest BCUT2D eigenvalue weighted by molar-refractivity contribution is 6.03. The molecule has 4 nitrogen and oxygen atoms in total. The van der Waals surface area contributed by atoms with Gasteiger partial charge in [0, 0.05) is 53.9 Å². The van der Waals surface area contributed by atoms with Gasteiger partial charge in [-0.1, -0.05) is 94.2 Å². The number of Topliss-reactive ketones (excluding diaryl/α,β-unsaturated/α-hetero) is 1. The average Bonchev–Trinajstić information content (AvgIpc) is 3.42. The molecule has 0 saturated carbocycles. The van der Waals surface area contributed by atoms with Crippen molar-refractivity contribution in [2.75, 3.05) is 25.0 Å². The van der Waals surface area contributed by atoms with Gasteiger partial charge in [-0.05, 0) is 94.2 Å². The number of anilines is 1. The molecule has 0 saturated heterocycles. The largest absolute Gasteiger partial charge is 0.344 e. The third-order valence-electron chi connectivity index (χ3n) is 10.9. The zero-order valence-corrected chi connectivity index (χ0v) is 30.5. The van der Waals surface area contributed by atoms with Crippen molar-refractivity contribution >= 4 is 22.9 Å². The van der Waals surface area contributed by atoms with Gasteiger partial charge < -0.3 is 10.6 Å². The molecule has 0 spiro atoms. The normalized spacial score (nSPS) is 19.8. The summed E-state index contributed by atoms with van der Waals surface area (Å²) in [4.78, 5) is 15.0. The number of benzene rings is 2. The SMILES string of the molecule is C[N+]1=C(C=CC2=CC(=CC=C3N(CCCCCC(=O)CCCCCCCN)c4ccccc4C3(C)C)CCC2)C(C)(C)c2ccccc21. The highest BCUT2D eigenvalue weighted by Crippen LogP contribution is 2.48. The van der Waals surface area contributed by atoms with Gasteiger partial charge in [0.25, 0.3) is 0 Å². The molecular formula is C44H60N3O+. The minimum atomic E-state index is -0.0564. The lowest BCUT2D eigenvalue weighted by molar-refractivity contribution is -0.401. The van der Waals surface area contributed by atoms with Gasteiger partial charge in [0.05, 0.1) is 5.41 Å². The van der Waals surface area contributed by atoms with Crippen LogP contribution >= 0.6 is 0 Å². The molecule has 5 rings (SSSR count). The molecule has 2 aromatic carbocycles. The number of hydrogen-bond acceptors (Lipinski definition) is 3. The molecule has 2 heterocycles. The number of hydrogen-bond donors (Lipinski definition) is 1. The molecule has 0 radical (unpaired) electrons. The van der Waals surface area contributed by atoms with E-state index in [9.17, 15) is 4.79 Å². The van der Waals surface area contributed by atoms with Crippen molar-refractivity contribution in [3.05, 3.63) is 107 Å². The van der Waals surface area contributed by atoms with Crippen LogP contribution in [0.2, 0.25) is 0 Å². The van der Waals surface area contributed by atoms with Crippen molar-refractivity contribution in [2.24, 2.45) is 5.73 Å². The molecule has 2 aromatic rings. The van der Waals surface area contributed by atoms with E-state index in [0.717, 1.165) is 77.3 Å². The Morgan fingerprint density at radius 2 is 1.46 bits per heavy atom. The summed E-state index contributed by atoms with van der Waals surface area (Å²) in [6.45, 7) is 11.2. The molecule has 0 atom stereocenters. The van der Waals surface area contributed by atoms with Gasteiger partial charge in [-0.25, -0.2) is 0 Å². The Bertz CT molecular complexity index is 1600. The molecule has 0 amide bonds. The zero-order chi connectivity index (χ0) is 34.1. The summed E-state index contributed by atoms with van der Waals surface area (Å²) >= 11 is 0. The van der Waals surface area contributed by atoms with Crippen molar-refractivity contribution in [2.45, 2.75) is 122 Å². The van der Waals surface area contributed by atoms with Crippen LogP contribution in [-0.4, -0.2) is 36.2 Å². The highest BCUT2D eigenvalue weighted by Gasteiger charge is 2.42. The Balaban J connectivity index is 1.23. The molecule has 256 valence electrons. The van der Waals surface area contributed by atoms with Crippen LogP contribution < -0.4 is 10.6 Å². The standard InChI is InChI=1S/C44H60N3O/c1-43(2)37-23-12-14-25-39(37)46(5)41(43)29-27-34-19-18-20-35(33-34)28-30-42-44(3,4)38-24-13-15-26-40(38)47(42)32-17-9-11-22-36(48)21-10-7-6-8-16-31-45/h12-15,23-30,33H,6-11,16-22,31-32,45H2,1-5H3/q+1. The summed E-state index contributed by atoms with van der Waals surface area (Å²) < 4.78 is 2.36. The van der Waals surface area contributed by atoms with Crippen LogP contribution in [0.5, 0.6) is 0 Å². The number of fused-ring (bicyclic) bond motifs is 2. The summed E-state index contributed by atoms with van der Waals surface area (Å²) in [5.41, 5.74) is 16.5. The van der Waals surface area contributed by atoms with E-state index in [-0.39, 0.29) is 10.8 Å². The maximum absolute atomic E-state index is 12.4. The Hall–Kier alpha value is -3.50. The lowest BCUT2D eigenvalue weighted by Crippen LogP contribution is -2.27. The smallest absolute Gasteiger partial charge is 0.209 e. The number of rotatable bonds is 16. The fraction of sp³-hybridized carbons (Fsp3) is 0.500. The molecule has 0 bridgehead atoms. The topological polar surface area (TPSA) is 49.3 Å². The second kappa shape index (κ2) is 16.3. The van der Waals surface area contributed by atoms with E-state index in [0.29, 0.717) is 5.78 Å². The summed E-state index contributed by atoms with van der Waals surface area (Å²) in [7, 11) is 2.20. The zero-order valence-electron chi connectivity index (χ0n) is 30.5. The maximum atomic E-state index is 12.4. The molecule has 4 heteroatoms. The number of allylic oxidation sites excluding steroid dienone is 8. The third kappa shape index (κ3) is 8.20. The predicted octanol–water partition coefficient (Wildman–Crippen LogP) is 10.4. The summed E-state index contributed by atoms with van der Waals surface area (Å²) in [6, 6.07) is 17.7. The number of carbonyl (C=O) groups is 1. The lowest BCUT2D eigenvalue weighted by Gasteiger charge is -2.27. The first-order valence-corrected chi connectivity index (χ1v) is 18.7.